The van der Waals surface area contributed by atoms with Crippen molar-refractivity contribution >= 4 is 41.1 Å². The van der Waals surface area contributed by atoms with Crippen molar-refractivity contribution in [3.8, 4) is 0 Å². The maximum Gasteiger partial charge on any atom is 0.243 e. The molecule has 3 fully saturated rings. The van der Waals surface area contributed by atoms with Crippen LogP contribution in [0.5, 0.6) is 0 Å². The van der Waals surface area contributed by atoms with E-state index in [1.165, 1.54) is 6.07 Å². The van der Waals surface area contributed by atoms with Gasteiger partial charge in [0.05, 0.1) is 21.6 Å². The number of amides is 1. The first-order valence-electron chi connectivity index (χ1n) is 12.9. The van der Waals surface area contributed by atoms with Gasteiger partial charge in [0, 0.05) is 29.7 Å². The Hall–Kier alpha value is -2.19. The second kappa shape index (κ2) is 8.65. The van der Waals surface area contributed by atoms with Gasteiger partial charge in [-0.05, 0) is 60.9 Å². The van der Waals surface area contributed by atoms with Gasteiger partial charge >= 0.3 is 0 Å². The summed E-state index contributed by atoms with van der Waals surface area (Å²) in [6.07, 6.45) is 2.20. The highest BCUT2D eigenvalue weighted by Gasteiger charge is 2.95. The van der Waals surface area contributed by atoms with E-state index >= 15 is 4.39 Å². The third kappa shape index (κ3) is 3.65. The molecule has 2 aromatic carbocycles. The van der Waals surface area contributed by atoms with Crippen molar-refractivity contribution in [1.82, 2.24) is 10.6 Å². The number of hydrogen-bond acceptors (Lipinski definition) is 5. The lowest BCUT2D eigenvalue weighted by molar-refractivity contribution is -0.135. The number of aliphatic hydroxyl groups is 1. The summed E-state index contributed by atoms with van der Waals surface area (Å²) in [7, 11) is 1.74. The summed E-state index contributed by atoms with van der Waals surface area (Å²) in [6.45, 7) is 7.89. The van der Waals surface area contributed by atoms with Crippen LogP contribution in [-0.2, 0) is 15.0 Å². The first-order valence-corrected chi connectivity index (χ1v) is 13.6. The number of fused-ring (bicyclic) bond motifs is 1. The average Bonchev–Trinajstić information content (AvgIpc) is 3.39. The first kappa shape index (κ1) is 27.4. The molecule has 9 heteroatoms. The lowest BCUT2D eigenvalue weighted by Gasteiger charge is -2.57. The third-order valence-corrected chi connectivity index (χ3v) is 9.18. The molecule has 2 saturated carbocycles. The molecule has 1 heterocycles. The van der Waals surface area contributed by atoms with Gasteiger partial charge in [0.1, 0.15) is 17.6 Å². The van der Waals surface area contributed by atoms with E-state index in [-0.39, 0.29) is 28.0 Å². The minimum Gasteiger partial charge on any atom is -0.390 e. The molecule has 1 saturated heterocycles. The Morgan fingerprint density at radius 1 is 1.24 bits per heavy atom. The maximum atomic E-state index is 15.8. The fraction of sp³-hybridized carbons (Fsp3) is 0.517. The van der Waals surface area contributed by atoms with Gasteiger partial charge < -0.3 is 20.5 Å². The molecule has 4 atom stereocenters. The van der Waals surface area contributed by atoms with E-state index < -0.39 is 33.8 Å². The van der Waals surface area contributed by atoms with Crippen LogP contribution in [0.3, 0.4) is 0 Å². The van der Waals surface area contributed by atoms with Crippen LogP contribution in [-0.4, -0.2) is 47.1 Å². The Balaban J connectivity index is 1.73. The first-order chi connectivity index (χ1) is 17.7. The van der Waals surface area contributed by atoms with Gasteiger partial charge in [0.2, 0.25) is 5.91 Å². The van der Waals surface area contributed by atoms with Gasteiger partial charge in [-0.15, -0.1) is 0 Å². The Bertz CT molecular complexity index is 1320. The smallest absolute Gasteiger partial charge is 0.243 e. The number of carbonyl (C=O) groups is 2. The quantitative estimate of drug-likeness (QED) is 0.283. The van der Waals surface area contributed by atoms with Crippen molar-refractivity contribution in [3.05, 3.63) is 63.4 Å². The van der Waals surface area contributed by atoms with Crippen molar-refractivity contribution in [3.63, 3.8) is 0 Å². The highest BCUT2D eigenvalue weighted by molar-refractivity contribution is 6.31. The zero-order valence-corrected chi connectivity index (χ0v) is 23.7. The van der Waals surface area contributed by atoms with Crippen LogP contribution in [0.25, 0.3) is 0 Å². The van der Waals surface area contributed by atoms with E-state index in [0.717, 1.165) is 6.29 Å². The molecule has 2 aromatic rings. The molecule has 6 nitrogen and oxygen atoms in total. The number of aldehydes is 1. The number of hydrogen-bond donors (Lipinski definition) is 4. The van der Waals surface area contributed by atoms with Crippen LogP contribution in [0.15, 0.2) is 36.4 Å². The summed E-state index contributed by atoms with van der Waals surface area (Å²) >= 11 is 12.5. The molecular weight excluding hydrogens is 528 g/mol. The normalized spacial score (nSPS) is 35.4. The molecule has 0 radical (unpaired) electrons. The summed E-state index contributed by atoms with van der Waals surface area (Å²) in [6, 6.07) is 9.71. The summed E-state index contributed by atoms with van der Waals surface area (Å²) in [5.74, 6) is -1.84. The Labute approximate surface area is 232 Å². The molecule has 2 aliphatic carbocycles. The highest BCUT2D eigenvalue weighted by Crippen LogP contribution is 2.77. The summed E-state index contributed by atoms with van der Waals surface area (Å²) in [4.78, 5) is 27.6. The number of rotatable bonds is 7. The molecule has 4 unspecified atom stereocenters. The van der Waals surface area contributed by atoms with Gasteiger partial charge in [-0.2, -0.15) is 0 Å². The molecule has 4 N–H and O–H groups in total. The standard InChI is InChI=1S/C29H34Cl2FN3O3/c1-25(2,3)14-28-27(15-36,19-10-9-16(30)11-21(19)33-5)23(18-7-6-8-20(31)22(18)32)29(28,35-28)24(37)34-17-12-26(4,38)13-17/h6-11,15,17,23,33,35,38H,12-14H2,1-5H3,(H,34,37). The van der Waals surface area contributed by atoms with Gasteiger partial charge in [-0.25, -0.2) is 4.39 Å². The molecule has 0 aromatic heterocycles. The fourth-order valence-electron chi connectivity index (χ4n) is 7.40. The molecule has 38 heavy (non-hydrogen) atoms. The Kier molecular flexibility index (Phi) is 6.24. The van der Waals surface area contributed by atoms with E-state index in [1.54, 1.807) is 44.3 Å². The van der Waals surface area contributed by atoms with Gasteiger partial charge in [-0.3, -0.25) is 10.1 Å². The highest BCUT2D eigenvalue weighted by atomic mass is 35.5. The largest absolute Gasteiger partial charge is 0.390 e. The van der Waals surface area contributed by atoms with E-state index in [1.807, 2.05) is 0 Å². The predicted molar refractivity (Wildman–Crippen MR) is 147 cm³/mol. The minimum absolute atomic E-state index is 0.0770. The van der Waals surface area contributed by atoms with Crippen molar-refractivity contribution in [2.24, 2.45) is 5.41 Å². The molecule has 5 rings (SSSR count). The monoisotopic (exact) mass is 561 g/mol. The van der Waals surface area contributed by atoms with Crippen LogP contribution >= 0.6 is 23.2 Å². The van der Waals surface area contributed by atoms with Crippen molar-refractivity contribution in [2.75, 3.05) is 12.4 Å². The van der Waals surface area contributed by atoms with Gasteiger partial charge in [0.25, 0.3) is 0 Å². The fourth-order valence-corrected chi connectivity index (χ4v) is 7.75. The van der Waals surface area contributed by atoms with Crippen LogP contribution in [0.2, 0.25) is 10.0 Å². The van der Waals surface area contributed by atoms with Crippen LogP contribution < -0.4 is 16.0 Å². The summed E-state index contributed by atoms with van der Waals surface area (Å²) in [5, 5.41) is 20.4. The number of benzene rings is 2. The molecule has 1 amide bonds. The average molecular weight is 563 g/mol. The van der Waals surface area contributed by atoms with Gasteiger partial charge in [-0.1, -0.05) is 62.2 Å². The van der Waals surface area contributed by atoms with Gasteiger partial charge in [0.15, 0.2) is 0 Å². The second-order valence-corrected chi connectivity index (χ2v) is 13.5. The van der Waals surface area contributed by atoms with Crippen LogP contribution in [0, 0.1) is 11.2 Å². The molecule has 1 aliphatic heterocycles. The van der Waals surface area contributed by atoms with Crippen LogP contribution in [0.4, 0.5) is 10.1 Å². The molecule has 0 bridgehead atoms. The lowest BCUT2D eigenvalue weighted by Crippen LogP contribution is -2.72. The van der Waals surface area contributed by atoms with Crippen molar-refractivity contribution in [2.45, 2.75) is 81.0 Å². The molecular formula is C29H34Cl2FN3O3. The number of nitrogens with one attached hydrogen (secondary N) is 3. The van der Waals surface area contributed by atoms with Crippen molar-refractivity contribution < 1.29 is 19.1 Å². The number of halogens is 3. The second-order valence-electron chi connectivity index (χ2n) is 12.7. The zero-order valence-electron chi connectivity index (χ0n) is 22.2. The topological polar surface area (TPSA) is 100 Å². The third-order valence-electron chi connectivity index (χ3n) is 8.65. The minimum atomic E-state index is -1.31. The number of carbonyl (C=O) groups excluding carboxylic acids is 2. The summed E-state index contributed by atoms with van der Waals surface area (Å²) < 4.78 is 15.8. The van der Waals surface area contributed by atoms with E-state index in [9.17, 15) is 14.7 Å². The van der Waals surface area contributed by atoms with Crippen LogP contribution in [0.1, 0.15) is 64.0 Å². The van der Waals surface area contributed by atoms with E-state index in [2.05, 4.69) is 36.7 Å². The molecule has 0 spiro atoms. The van der Waals surface area contributed by atoms with E-state index in [4.69, 9.17) is 23.2 Å². The zero-order chi connectivity index (χ0) is 27.9. The number of anilines is 1. The van der Waals surface area contributed by atoms with Crippen molar-refractivity contribution in [1.29, 1.82) is 0 Å². The maximum absolute atomic E-state index is 15.8. The predicted octanol–water partition coefficient (Wildman–Crippen LogP) is 4.95. The Morgan fingerprint density at radius 2 is 1.92 bits per heavy atom. The Morgan fingerprint density at radius 3 is 2.50 bits per heavy atom. The lowest BCUT2D eigenvalue weighted by atomic mass is 9.41. The molecule has 3 aliphatic rings. The molecule has 204 valence electrons. The SMILES string of the molecule is CNc1cc(Cl)ccc1C1(C=O)C(c2cccc(Cl)c2F)C2(C(=O)NC3CC(C)(O)C3)NC21CC(C)(C)C. The summed E-state index contributed by atoms with van der Waals surface area (Å²) in [5.41, 5.74) is -3.20. The van der Waals surface area contributed by atoms with E-state index in [0.29, 0.717) is 35.5 Å².